The molecule has 2 amide bonds. The van der Waals surface area contributed by atoms with Crippen LogP contribution in [0.5, 0.6) is 0 Å². The molecule has 0 spiro atoms. The molecule has 6 nitrogen and oxygen atoms in total. The predicted octanol–water partition coefficient (Wildman–Crippen LogP) is 2.15. The quantitative estimate of drug-likeness (QED) is 0.814. The van der Waals surface area contributed by atoms with Gasteiger partial charge in [0, 0.05) is 25.2 Å². The van der Waals surface area contributed by atoms with Gasteiger partial charge in [0.15, 0.2) is 0 Å². The number of benzene rings is 1. The summed E-state index contributed by atoms with van der Waals surface area (Å²) in [6.45, 7) is 5.91. The number of carbonyl (C=O) groups is 2. The zero-order valence-electron chi connectivity index (χ0n) is 14.0. The van der Waals surface area contributed by atoms with Crippen LogP contribution in [0.4, 0.5) is 0 Å². The number of hydrogen-bond donors (Lipinski definition) is 2. The second-order valence-corrected chi connectivity index (χ2v) is 5.36. The number of nitrogens with two attached hydrogens (primary N) is 1. The van der Waals surface area contributed by atoms with E-state index in [0.29, 0.717) is 36.5 Å². The lowest BCUT2D eigenvalue weighted by Gasteiger charge is -2.18. The van der Waals surface area contributed by atoms with E-state index in [2.05, 4.69) is 5.32 Å². The summed E-state index contributed by atoms with van der Waals surface area (Å²) in [6.07, 6.45) is 1.39. The summed E-state index contributed by atoms with van der Waals surface area (Å²) < 4.78 is 5.14. The van der Waals surface area contributed by atoms with Gasteiger partial charge in [-0.1, -0.05) is 12.1 Å². The highest BCUT2D eigenvalue weighted by Gasteiger charge is 2.12. The van der Waals surface area contributed by atoms with Crippen molar-refractivity contribution in [2.45, 2.75) is 26.9 Å². The number of rotatable bonds is 7. The van der Waals surface area contributed by atoms with Gasteiger partial charge in [-0.2, -0.15) is 0 Å². The summed E-state index contributed by atoms with van der Waals surface area (Å²) in [5.74, 6) is 0.365. The molecule has 2 aromatic rings. The van der Waals surface area contributed by atoms with Crippen LogP contribution in [-0.2, 0) is 13.1 Å². The minimum Gasteiger partial charge on any atom is -0.467 e. The van der Waals surface area contributed by atoms with Gasteiger partial charge in [-0.3, -0.25) is 9.59 Å². The van der Waals surface area contributed by atoms with E-state index in [1.807, 2.05) is 26.0 Å². The second kappa shape index (κ2) is 8.31. The molecule has 0 saturated carbocycles. The summed E-state index contributed by atoms with van der Waals surface area (Å²) in [5, 5.41) is 2.81. The van der Waals surface area contributed by atoms with Crippen LogP contribution in [0.25, 0.3) is 0 Å². The van der Waals surface area contributed by atoms with Gasteiger partial charge in [0.1, 0.15) is 12.0 Å². The third-order valence-electron chi connectivity index (χ3n) is 3.82. The molecule has 0 aliphatic rings. The van der Waals surface area contributed by atoms with Gasteiger partial charge in [0.05, 0.1) is 12.1 Å². The molecule has 128 valence electrons. The van der Waals surface area contributed by atoms with Crippen LogP contribution in [0.2, 0.25) is 0 Å². The Hall–Kier alpha value is -2.60. The molecular weight excluding hydrogens is 306 g/mol. The molecule has 0 fully saturated rings. The van der Waals surface area contributed by atoms with Crippen LogP contribution in [0.1, 0.15) is 45.9 Å². The van der Waals surface area contributed by atoms with Crippen LogP contribution in [0.15, 0.2) is 41.0 Å². The van der Waals surface area contributed by atoms with E-state index in [4.69, 9.17) is 10.2 Å². The summed E-state index contributed by atoms with van der Waals surface area (Å²) in [6, 6.07) is 8.88. The first-order valence-corrected chi connectivity index (χ1v) is 8.02. The normalized spacial score (nSPS) is 10.5. The van der Waals surface area contributed by atoms with Crippen LogP contribution < -0.4 is 11.1 Å². The molecule has 6 heteroatoms. The topological polar surface area (TPSA) is 88.6 Å². The van der Waals surface area contributed by atoms with Crippen LogP contribution in [0, 0.1) is 0 Å². The Morgan fingerprint density at radius 1 is 1.12 bits per heavy atom. The first kappa shape index (κ1) is 17.7. The van der Waals surface area contributed by atoms with Gasteiger partial charge in [-0.15, -0.1) is 0 Å². The number of amides is 2. The molecule has 0 unspecified atom stereocenters. The van der Waals surface area contributed by atoms with Crippen LogP contribution in [-0.4, -0.2) is 29.8 Å². The van der Waals surface area contributed by atoms with E-state index >= 15 is 0 Å². The minimum absolute atomic E-state index is 0.0169. The molecule has 0 atom stereocenters. The van der Waals surface area contributed by atoms with Crippen molar-refractivity contribution in [2.24, 2.45) is 5.73 Å². The van der Waals surface area contributed by atoms with E-state index in [9.17, 15) is 9.59 Å². The van der Waals surface area contributed by atoms with Gasteiger partial charge in [-0.25, -0.2) is 0 Å². The number of nitrogens with zero attached hydrogens (tertiary/aromatic N) is 1. The second-order valence-electron chi connectivity index (χ2n) is 5.36. The van der Waals surface area contributed by atoms with Crippen molar-refractivity contribution in [3.05, 3.63) is 59.0 Å². The number of furan rings is 1. The molecule has 0 saturated heterocycles. The lowest BCUT2D eigenvalue weighted by Crippen LogP contribution is -2.30. The molecule has 3 N–H and O–H groups in total. The average Bonchev–Trinajstić information content (AvgIpc) is 3.10. The number of hydrogen-bond acceptors (Lipinski definition) is 4. The summed E-state index contributed by atoms with van der Waals surface area (Å²) in [5.41, 5.74) is 7.47. The third kappa shape index (κ3) is 4.23. The first-order chi connectivity index (χ1) is 11.6. The Labute approximate surface area is 141 Å². The molecule has 0 aliphatic heterocycles. The van der Waals surface area contributed by atoms with E-state index < -0.39 is 0 Å². The molecule has 1 aromatic carbocycles. The first-order valence-electron chi connectivity index (χ1n) is 8.02. The van der Waals surface area contributed by atoms with E-state index in [0.717, 1.165) is 5.56 Å². The number of carbonyl (C=O) groups excluding carboxylic acids is 2. The Morgan fingerprint density at radius 3 is 2.33 bits per heavy atom. The highest BCUT2D eigenvalue weighted by atomic mass is 16.3. The monoisotopic (exact) mass is 329 g/mol. The summed E-state index contributed by atoms with van der Waals surface area (Å²) in [4.78, 5) is 26.0. The van der Waals surface area contributed by atoms with Gasteiger partial charge in [-0.05, 0) is 37.6 Å². The molecule has 0 aliphatic carbocycles. The van der Waals surface area contributed by atoms with Gasteiger partial charge < -0.3 is 20.4 Å². The maximum atomic E-state index is 12.2. The lowest BCUT2D eigenvalue weighted by molar-refractivity contribution is 0.0772. The Balaban J connectivity index is 1.94. The maximum Gasteiger partial charge on any atom is 0.254 e. The highest BCUT2D eigenvalue weighted by Crippen LogP contribution is 2.10. The fourth-order valence-corrected chi connectivity index (χ4v) is 2.35. The number of nitrogens with one attached hydrogen (secondary N) is 1. The van der Waals surface area contributed by atoms with Gasteiger partial charge >= 0.3 is 0 Å². The molecule has 0 radical (unpaired) electrons. The average molecular weight is 329 g/mol. The minimum atomic E-state index is -0.221. The van der Waals surface area contributed by atoms with Crippen molar-refractivity contribution in [1.82, 2.24) is 10.2 Å². The highest BCUT2D eigenvalue weighted by molar-refractivity contribution is 5.94. The molecule has 24 heavy (non-hydrogen) atoms. The third-order valence-corrected chi connectivity index (χ3v) is 3.82. The molecular formula is C18H23N3O3. The molecule has 0 bridgehead atoms. The zero-order chi connectivity index (χ0) is 17.5. The van der Waals surface area contributed by atoms with E-state index in [1.165, 1.54) is 6.26 Å². The maximum absolute atomic E-state index is 12.2. The van der Waals surface area contributed by atoms with Crippen molar-refractivity contribution in [3.8, 4) is 0 Å². The fourth-order valence-electron chi connectivity index (χ4n) is 2.35. The smallest absolute Gasteiger partial charge is 0.254 e. The SMILES string of the molecule is CCN(CC)C(=O)c1ccc(CNC(=O)c2coc(CN)c2)cc1. The van der Waals surface area contributed by atoms with E-state index in [1.54, 1.807) is 23.1 Å². The fraction of sp³-hybridized carbons (Fsp3) is 0.333. The summed E-state index contributed by atoms with van der Waals surface area (Å²) >= 11 is 0. The van der Waals surface area contributed by atoms with Crippen molar-refractivity contribution in [2.75, 3.05) is 13.1 Å². The van der Waals surface area contributed by atoms with Crippen molar-refractivity contribution in [3.63, 3.8) is 0 Å². The lowest BCUT2D eigenvalue weighted by atomic mass is 10.1. The Morgan fingerprint density at radius 2 is 1.79 bits per heavy atom. The Kier molecular flexibility index (Phi) is 6.14. The Bertz CT molecular complexity index is 688. The van der Waals surface area contributed by atoms with E-state index in [-0.39, 0.29) is 18.4 Å². The van der Waals surface area contributed by atoms with Crippen molar-refractivity contribution >= 4 is 11.8 Å². The van der Waals surface area contributed by atoms with Crippen molar-refractivity contribution in [1.29, 1.82) is 0 Å². The largest absolute Gasteiger partial charge is 0.467 e. The van der Waals surface area contributed by atoms with Gasteiger partial charge in [0.25, 0.3) is 11.8 Å². The summed E-state index contributed by atoms with van der Waals surface area (Å²) in [7, 11) is 0. The van der Waals surface area contributed by atoms with Gasteiger partial charge in [0.2, 0.25) is 0 Å². The molecule has 1 aromatic heterocycles. The molecule has 1 heterocycles. The van der Waals surface area contributed by atoms with Crippen LogP contribution >= 0.6 is 0 Å². The van der Waals surface area contributed by atoms with Crippen LogP contribution in [0.3, 0.4) is 0 Å². The predicted molar refractivity (Wildman–Crippen MR) is 91.5 cm³/mol. The zero-order valence-corrected chi connectivity index (χ0v) is 14.0. The van der Waals surface area contributed by atoms with Crippen molar-refractivity contribution < 1.29 is 14.0 Å². The molecule has 2 rings (SSSR count). The standard InChI is InChI=1S/C18H23N3O3/c1-3-21(4-2)18(23)14-7-5-13(6-8-14)11-20-17(22)15-9-16(10-19)24-12-15/h5-9,12H,3-4,10-11,19H2,1-2H3,(H,20,22).